The number of aromatic amines is 1. The number of ether oxygens (including phenoxy) is 2. The topological polar surface area (TPSA) is 89.1 Å². The maximum absolute atomic E-state index is 12.8. The summed E-state index contributed by atoms with van der Waals surface area (Å²) in [5.41, 5.74) is 3.64. The third-order valence-electron chi connectivity index (χ3n) is 5.06. The molecule has 2 atom stereocenters. The van der Waals surface area contributed by atoms with Crippen molar-refractivity contribution in [2.45, 2.75) is 51.2 Å². The standard InChI is InChI=1S/C19H24N4O3/c1-12-6-7-13(10-20-12)26-17-11-25-9-8-16(17)21-19(24)18-14-4-2-3-5-15(14)22-23-18/h6-7,10,16-17H,2-5,8-9,11H2,1H3,(H,21,24)(H,22,23)/t16-,17+/m1/s1. The van der Waals surface area contributed by atoms with Gasteiger partial charge in [-0.1, -0.05) is 0 Å². The summed E-state index contributed by atoms with van der Waals surface area (Å²) in [4.78, 5) is 17.0. The summed E-state index contributed by atoms with van der Waals surface area (Å²) in [6.45, 7) is 2.98. The molecule has 1 amide bonds. The third kappa shape index (κ3) is 3.58. The van der Waals surface area contributed by atoms with Crippen molar-refractivity contribution in [3.8, 4) is 5.75 Å². The monoisotopic (exact) mass is 356 g/mol. The number of hydrogen-bond donors (Lipinski definition) is 2. The number of nitrogens with zero attached hydrogens (tertiary/aromatic N) is 2. The van der Waals surface area contributed by atoms with Crippen LogP contribution < -0.4 is 10.1 Å². The molecule has 1 aliphatic carbocycles. The molecular formula is C19H24N4O3. The molecule has 4 rings (SSSR count). The number of carbonyl (C=O) groups is 1. The molecule has 2 aliphatic rings. The van der Waals surface area contributed by atoms with Gasteiger partial charge in [0.25, 0.3) is 5.91 Å². The minimum atomic E-state index is -0.244. The zero-order valence-electron chi connectivity index (χ0n) is 15.0. The molecule has 0 spiro atoms. The van der Waals surface area contributed by atoms with E-state index in [4.69, 9.17) is 9.47 Å². The van der Waals surface area contributed by atoms with Gasteiger partial charge >= 0.3 is 0 Å². The highest BCUT2D eigenvalue weighted by molar-refractivity contribution is 5.94. The molecule has 7 nitrogen and oxygen atoms in total. The van der Waals surface area contributed by atoms with E-state index < -0.39 is 0 Å². The Hall–Kier alpha value is -2.41. The van der Waals surface area contributed by atoms with Gasteiger partial charge < -0.3 is 14.8 Å². The number of hydrogen-bond acceptors (Lipinski definition) is 5. The number of H-pyrrole nitrogens is 1. The number of rotatable bonds is 4. The number of aromatic nitrogens is 3. The molecule has 1 aliphatic heterocycles. The van der Waals surface area contributed by atoms with Crippen LogP contribution in [0.2, 0.25) is 0 Å². The Labute approximate surface area is 152 Å². The van der Waals surface area contributed by atoms with Crippen LogP contribution >= 0.6 is 0 Å². The SMILES string of the molecule is Cc1ccc(O[C@H]2COCC[C@H]2NC(=O)c2n[nH]c3c2CCCC3)cn1. The molecule has 0 radical (unpaired) electrons. The van der Waals surface area contributed by atoms with Gasteiger partial charge in [-0.3, -0.25) is 14.9 Å². The summed E-state index contributed by atoms with van der Waals surface area (Å²) < 4.78 is 11.6. The van der Waals surface area contributed by atoms with Gasteiger partial charge in [-0.05, 0) is 51.2 Å². The van der Waals surface area contributed by atoms with Crippen molar-refractivity contribution >= 4 is 5.91 Å². The van der Waals surface area contributed by atoms with E-state index in [0.29, 0.717) is 31.1 Å². The minimum Gasteiger partial charge on any atom is -0.484 e. The number of carbonyl (C=O) groups excluding carboxylic acids is 1. The number of amides is 1. The van der Waals surface area contributed by atoms with Crippen LogP contribution in [0.25, 0.3) is 0 Å². The van der Waals surface area contributed by atoms with Gasteiger partial charge in [0.15, 0.2) is 5.69 Å². The molecule has 3 heterocycles. The lowest BCUT2D eigenvalue weighted by atomic mass is 9.95. The molecule has 1 saturated heterocycles. The summed E-state index contributed by atoms with van der Waals surface area (Å²) in [6.07, 6.45) is 6.31. The maximum Gasteiger partial charge on any atom is 0.272 e. The lowest BCUT2D eigenvalue weighted by Crippen LogP contribution is -2.51. The lowest BCUT2D eigenvalue weighted by Gasteiger charge is -2.32. The minimum absolute atomic E-state index is 0.117. The normalized spacial score (nSPS) is 22.5. The molecule has 0 unspecified atom stereocenters. The van der Waals surface area contributed by atoms with Gasteiger partial charge in [-0.15, -0.1) is 0 Å². The Morgan fingerprint density at radius 1 is 1.35 bits per heavy atom. The number of nitrogens with one attached hydrogen (secondary N) is 2. The average molecular weight is 356 g/mol. The molecule has 2 aromatic heterocycles. The first kappa shape index (κ1) is 17.0. The molecule has 138 valence electrons. The van der Waals surface area contributed by atoms with Crippen LogP contribution in [0.3, 0.4) is 0 Å². The second kappa shape index (κ2) is 7.45. The Morgan fingerprint density at radius 2 is 2.23 bits per heavy atom. The van der Waals surface area contributed by atoms with Crippen LogP contribution in [0, 0.1) is 6.92 Å². The molecule has 0 bridgehead atoms. The zero-order chi connectivity index (χ0) is 17.9. The number of aryl methyl sites for hydroxylation is 2. The summed E-state index contributed by atoms with van der Waals surface area (Å²) in [6, 6.07) is 3.68. The second-order valence-corrected chi connectivity index (χ2v) is 6.97. The molecule has 7 heteroatoms. The zero-order valence-corrected chi connectivity index (χ0v) is 15.0. The summed E-state index contributed by atoms with van der Waals surface area (Å²) in [5.74, 6) is 0.550. The Morgan fingerprint density at radius 3 is 3.08 bits per heavy atom. The molecule has 26 heavy (non-hydrogen) atoms. The van der Waals surface area contributed by atoms with Gasteiger partial charge in [-0.2, -0.15) is 5.10 Å². The first-order chi connectivity index (χ1) is 12.7. The predicted octanol–water partition coefficient (Wildman–Crippen LogP) is 1.96. The first-order valence-electron chi connectivity index (χ1n) is 9.25. The van der Waals surface area contributed by atoms with E-state index in [9.17, 15) is 4.79 Å². The average Bonchev–Trinajstić information content (AvgIpc) is 3.09. The summed E-state index contributed by atoms with van der Waals surface area (Å²) in [5, 5.41) is 10.4. The number of fused-ring (bicyclic) bond motifs is 1. The fraction of sp³-hybridized carbons (Fsp3) is 0.526. The summed E-state index contributed by atoms with van der Waals surface area (Å²) in [7, 11) is 0. The van der Waals surface area contributed by atoms with Crippen molar-refractivity contribution < 1.29 is 14.3 Å². The smallest absolute Gasteiger partial charge is 0.272 e. The summed E-state index contributed by atoms with van der Waals surface area (Å²) >= 11 is 0. The van der Waals surface area contributed by atoms with Crippen LogP contribution in [0.5, 0.6) is 5.75 Å². The Bertz CT molecular complexity index is 772. The van der Waals surface area contributed by atoms with E-state index in [2.05, 4.69) is 20.5 Å². The maximum atomic E-state index is 12.8. The van der Waals surface area contributed by atoms with Crippen LogP contribution in [0.4, 0.5) is 0 Å². The van der Waals surface area contributed by atoms with E-state index in [-0.39, 0.29) is 18.1 Å². The van der Waals surface area contributed by atoms with Crippen molar-refractivity contribution in [2.75, 3.05) is 13.2 Å². The fourth-order valence-electron chi connectivity index (χ4n) is 3.60. The third-order valence-corrected chi connectivity index (χ3v) is 5.06. The van der Waals surface area contributed by atoms with Crippen LogP contribution in [0.1, 0.15) is 46.7 Å². The largest absolute Gasteiger partial charge is 0.484 e. The lowest BCUT2D eigenvalue weighted by molar-refractivity contribution is -0.0137. The van der Waals surface area contributed by atoms with Gasteiger partial charge in [0.2, 0.25) is 0 Å². The molecule has 2 N–H and O–H groups in total. The molecule has 1 fully saturated rings. The molecule has 0 saturated carbocycles. The van der Waals surface area contributed by atoms with Crippen LogP contribution in [-0.4, -0.2) is 46.4 Å². The number of pyridine rings is 1. The van der Waals surface area contributed by atoms with Crippen molar-refractivity contribution in [2.24, 2.45) is 0 Å². The highest BCUT2D eigenvalue weighted by atomic mass is 16.5. The molecular weight excluding hydrogens is 332 g/mol. The van der Waals surface area contributed by atoms with Crippen LogP contribution in [-0.2, 0) is 17.6 Å². The van der Waals surface area contributed by atoms with Gasteiger partial charge in [-0.25, -0.2) is 0 Å². The van der Waals surface area contributed by atoms with Crippen molar-refractivity contribution in [3.05, 3.63) is 41.0 Å². The van der Waals surface area contributed by atoms with Gasteiger partial charge in [0.1, 0.15) is 11.9 Å². The van der Waals surface area contributed by atoms with Crippen molar-refractivity contribution in [1.29, 1.82) is 0 Å². The first-order valence-corrected chi connectivity index (χ1v) is 9.25. The van der Waals surface area contributed by atoms with E-state index >= 15 is 0 Å². The van der Waals surface area contributed by atoms with Gasteiger partial charge in [0.05, 0.1) is 18.8 Å². The molecule has 2 aromatic rings. The van der Waals surface area contributed by atoms with Crippen molar-refractivity contribution in [3.63, 3.8) is 0 Å². The Balaban J connectivity index is 1.45. The highest BCUT2D eigenvalue weighted by Gasteiger charge is 2.31. The van der Waals surface area contributed by atoms with E-state index in [1.807, 2.05) is 19.1 Å². The highest BCUT2D eigenvalue weighted by Crippen LogP contribution is 2.23. The fourth-order valence-corrected chi connectivity index (χ4v) is 3.60. The Kier molecular flexibility index (Phi) is 4.88. The van der Waals surface area contributed by atoms with E-state index in [1.54, 1.807) is 6.20 Å². The second-order valence-electron chi connectivity index (χ2n) is 6.97. The quantitative estimate of drug-likeness (QED) is 0.874. The van der Waals surface area contributed by atoms with Crippen LogP contribution in [0.15, 0.2) is 18.3 Å². The van der Waals surface area contributed by atoms with Crippen molar-refractivity contribution in [1.82, 2.24) is 20.5 Å². The van der Waals surface area contributed by atoms with Gasteiger partial charge in [0, 0.05) is 23.6 Å². The predicted molar refractivity (Wildman–Crippen MR) is 95.3 cm³/mol. The van der Waals surface area contributed by atoms with E-state index in [0.717, 1.165) is 42.6 Å². The van der Waals surface area contributed by atoms with E-state index in [1.165, 1.54) is 0 Å². The molecule has 0 aromatic carbocycles.